The summed E-state index contributed by atoms with van der Waals surface area (Å²) in [4.78, 5) is 12.0. The van der Waals surface area contributed by atoms with Crippen LogP contribution in [0.1, 0.15) is 11.1 Å². The summed E-state index contributed by atoms with van der Waals surface area (Å²) in [6.07, 6.45) is 0. The lowest BCUT2D eigenvalue weighted by Gasteiger charge is -2.12. The Balaban J connectivity index is 1.97. The molecule has 0 fully saturated rings. The maximum atomic E-state index is 12.3. The van der Waals surface area contributed by atoms with Crippen LogP contribution >= 0.6 is 0 Å². The number of amides is 1. The highest BCUT2D eigenvalue weighted by molar-refractivity contribution is 7.88. The zero-order valence-electron chi connectivity index (χ0n) is 14.9. The van der Waals surface area contributed by atoms with Gasteiger partial charge in [0.05, 0.1) is 26.5 Å². The van der Waals surface area contributed by atoms with Crippen molar-refractivity contribution in [1.29, 1.82) is 0 Å². The molecule has 0 aromatic heterocycles. The van der Waals surface area contributed by atoms with E-state index in [1.165, 1.54) is 14.2 Å². The molecule has 2 aromatic carbocycles. The third-order valence-electron chi connectivity index (χ3n) is 3.59. The van der Waals surface area contributed by atoms with E-state index in [1.807, 2.05) is 19.1 Å². The summed E-state index contributed by atoms with van der Waals surface area (Å²) in [7, 11) is -0.748. The van der Waals surface area contributed by atoms with Crippen LogP contribution in [0.15, 0.2) is 42.5 Å². The summed E-state index contributed by atoms with van der Waals surface area (Å²) in [5.74, 6) is 0.214. The molecule has 0 saturated heterocycles. The summed E-state index contributed by atoms with van der Waals surface area (Å²) in [6.45, 7) is 1.55. The van der Waals surface area contributed by atoms with Gasteiger partial charge in [0.1, 0.15) is 11.5 Å². The molecule has 26 heavy (non-hydrogen) atoms. The number of hydrogen-bond donors (Lipinski definition) is 2. The van der Waals surface area contributed by atoms with E-state index in [0.717, 1.165) is 5.56 Å². The van der Waals surface area contributed by atoms with Crippen LogP contribution < -0.4 is 19.5 Å². The molecule has 0 aliphatic rings. The van der Waals surface area contributed by atoms with Crippen molar-refractivity contribution < 1.29 is 22.7 Å². The minimum absolute atomic E-state index is 0.308. The second kappa shape index (κ2) is 8.68. The number of nitrogens with one attached hydrogen (secondary N) is 2. The molecule has 2 rings (SSSR count). The molecule has 0 bridgehead atoms. The number of ether oxygens (including phenoxy) is 2. The van der Waals surface area contributed by atoms with Gasteiger partial charge in [0.25, 0.3) is 0 Å². The van der Waals surface area contributed by atoms with Gasteiger partial charge >= 0.3 is 0 Å². The summed E-state index contributed by atoms with van der Waals surface area (Å²) in [5.41, 5.74) is 2.08. The first-order valence-electron chi connectivity index (χ1n) is 7.88. The summed E-state index contributed by atoms with van der Waals surface area (Å²) >= 11 is 0. The van der Waals surface area contributed by atoms with E-state index in [1.54, 1.807) is 30.3 Å². The van der Waals surface area contributed by atoms with Crippen molar-refractivity contribution in [3.8, 4) is 11.5 Å². The summed E-state index contributed by atoms with van der Waals surface area (Å²) < 4.78 is 37.1. The van der Waals surface area contributed by atoms with Crippen LogP contribution in [-0.2, 0) is 20.6 Å². The highest BCUT2D eigenvalue weighted by atomic mass is 32.2. The molecule has 0 aliphatic carbocycles. The normalized spacial score (nSPS) is 11.0. The van der Waals surface area contributed by atoms with Gasteiger partial charge < -0.3 is 14.8 Å². The van der Waals surface area contributed by atoms with Gasteiger partial charge in [0, 0.05) is 17.3 Å². The number of carbonyl (C=O) groups excluding carboxylic acids is 1. The molecule has 2 aromatic rings. The highest BCUT2D eigenvalue weighted by Gasteiger charge is 2.17. The zero-order valence-corrected chi connectivity index (χ0v) is 15.7. The van der Waals surface area contributed by atoms with Crippen molar-refractivity contribution in [1.82, 2.24) is 4.72 Å². The third kappa shape index (κ3) is 5.75. The van der Waals surface area contributed by atoms with Crippen molar-refractivity contribution in [3.05, 3.63) is 53.6 Å². The van der Waals surface area contributed by atoms with Gasteiger partial charge in [0.2, 0.25) is 15.9 Å². The highest BCUT2D eigenvalue weighted by Crippen LogP contribution is 2.25. The van der Waals surface area contributed by atoms with Crippen LogP contribution in [0.5, 0.6) is 11.5 Å². The number of benzene rings is 2. The first-order valence-corrected chi connectivity index (χ1v) is 9.53. The van der Waals surface area contributed by atoms with Crippen molar-refractivity contribution in [2.45, 2.75) is 12.7 Å². The van der Waals surface area contributed by atoms with Gasteiger partial charge in [-0.1, -0.05) is 18.2 Å². The Morgan fingerprint density at radius 2 is 1.85 bits per heavy atom. The second-order valence-corrected chi connectivity index (χ2v) is 7.48. The minimum Gasteiger partial charge on any atom is -0.497 e. The van der Waals surface area contributed by atoms with Crippen LogP contribution in [-0.4, -0.2) is 35.1 Å². The fraction of sp³-hybridized carbons (Fsp3) is 0.278. The van der Waals surface area contributed by atoms with E-state index < -0.39 is 15.9 Å². The minimum atomic E-state index is -3.71. The molecule has 0 aliphatic heterocycles. The van der Waals surface area contributed by atoms with Gasteiger partial charge in [-0.25, -0.2) is 13.1 Å². The standard InChI is InChI=1S/C18H22N2O5S/c1-13-5-4-6-15(9-13)20-18(21)11-19-26(22,23)12-14-7-8-16(24-2)10-17(14)25-3/h4-10,19H,11-12H2,1-3H3,(H,20,21). The van der Waals surface area contributed by atoms with Gasteiger partial charge in [-0.15, -0.1) is 0 Å². The van der Waals surface area contributed by atoms with Crippen molar-refractivity contribution in [3.63, 3.8) is 0 Å². The fourth-order valence-electron chi connectivity index (χ4n) is 2.33. The topological polar surface area (TPSA) is 93.7 Å². The van der Waals surface area contributed by atoms with E-state index in [2.05, 4.69) is 10.0 Å². The number of carbonyl (C=O) groups is 1. The molecule has 0 atom stereocenters. The van der Waals surface area contributed by atoms with Crippen LogP contribution in [0.2, 0.25) is 0 Å². The number of aryl methyl sites for hydroxylation is 1. The van der Waals surface area contributed by atoms with Crippen LogP contribution in [0.3, 0.4) is 0 Å². The predicted molar refractivity (Wildman–Crippen MR) is 100.0 cm³/mol. The first-order chi connectivity index (χ1) is 12.3. The Bertz CT molecular complexity index is 881. The summed E-state index contributed by atoms with van der Waals surface area (Å²) in [6, 6.07) is 12.1. The van der Waals surface area contributed by atoms with Crippen LogP contribution in [0.25, 0.3) is 0 Å². The van der Waals surface area contributed by atoms with Crippen molar-refractivity contribution in [2.24, 2.45) is 0 Å². The second-order valence-electron chi connectivity index (χ2n) is 5.68. The predicted octanol–water partition coefficient (Wildman–Crippen LogP) is 2.07. The molecule has 0 spiro atoms. The van der Waals surface area contributed by atoms with Gasteiger partial charge in [-0.3, -0.25) is 4.79 Å². The molecule has 1 amide bonds. The Kier molecular flexibility index (Phi) is 6.59. The quantitative estimate of drug-likeness (QED) is 0.733. The number of hydrogen-bond acceptors (Lipinski definition) is 5. The first kappa shape index (κ1) is 19.7. The van der Waals surface area contributed by atoms with E-state index >= 15 is 0 Å². The molecule has 7 nitrogen and oxygen atoms in total. The lowest BCUT2D eigenvalue weighted by molar-refractivity contribution is -0.115. The van der Waals surface area contributed by atoms with E-state index in [9.17, 15) is 13.2 Å². The van der Waals surface area contributed by atoms with Crippen LogP contribution in [0, 0.1) is 6.92 Å². The monoisotopic (exact) mass is 378 g/mol. The van der Waals surface area contributed by atoms with Gasteiger partial charge in [-0.2, -0.15) is 0 Å². The number of rotatable bonds is 8. The van der Waals surface area contributed by atoms with E-state index in [-0.39, 0.29) is 12.3 Å². The molecule has 0 heterocycles. The lowest BCUT2D eigenvalue weighted by Crippen LogP contribution is -2.33. The maximum absolute atomic E-state index is 12.3. The van der Waals surface area contributed by atoms with Gasteiger partial charge in [-0.05, 0) is 30.7 Å². The smallest absolute Gasteiger partial charge is 0.239 e. The molecule has 0 saturated carbocycles. The largest absolute Gasteiger partial charge is 0.497 e. The molecular weight excluding hydrogens is 356 g/mol. The molecule has 0 radical (unpaired) electrons. The molecule has 8 heteroatoms. The Hall–Kier alpha value is -2.58. The maximum Gasteiger partial charge on any atom is 0.239 e. The van der Waals surface area contributed by atoms with E-state index in [0.29, 0.717) is 22.7 Å². The SMILES string of the molecule is COc1ccc(CS(=O)(=O)NCC(=O)Nc2cccc(C)c2)c(OC)c1. The molecule has 0 unspecified atom stereocenters. The molecule has 140 valence electrons. The fourth-order valence-corrected chi connectivity index (χ4v) is 3.43. The molecular formula is C18H22N2O5S. The molecule has 2 N–H and O–H groups in total. The number of methoxy groups -OCH3 is 2. The van der Waals surface area contributed by atoms with E-state index in [4.69, 9.17) is 9.47 Å². The van der Waals surface area contributed by atoms with Gasteiger partial charge in [0.15, 0.2) is 0 Å². The average Bonchev–Trinajstić information content (AvgIpc) is 2.60. The van der Waals surface area contributed by atoms with Crippen LogP contribution in [0.4, 0.5) is 5.69 Å². The third-order valence-corrected chi connectivity index (χ3v) is 4.87. The average molecular weight is 378 g/mol. The zero-order chi connectivity index (χ0) is 19.2. The Labute approximate surface area is 153 Å². The lowest BCUT2D eigenvalue weighted by atomic mass is 10.2. The van der Waals surface area contributed by atoms with Crippen molar-refractivity contribution >= 4 is 21.6 Å². The van der Waals surface area contributed by atoms with Crippen molar-refractivity contribution in [2.75, 3.05) is 26.1 Å². The Morgan fingerprint density at radius 1 is 1.08 bits per heavy atom. The number of anilines is 1. The number of sulfonamides is 1. The summed E-state index contributed by atoms with van der Waals surface area (Å²) in [5, 5.41) is 2.65. The Morgan fingerprint density at radius 3 is 2.50 bits per heavy atom.